The van der Waals surface area contributed by atoms with Gasteiger partial charge in [0, 0.05) is 6.20 Å². The van der Waals surface area contributed by atoms with Crippen LogP contribution in [0.4, 0.5) is 10.6 Å². The van der Waals surface area contributed by atoms with Crippen molar-refractivity contribution in [1.82, 2.24) is 10.7 Å². The van der Waals surface area contributed by atoms with Crippen LogP contribution < -0.4 is 11.1 Å². The number of carbonyl (C=O) groups is 1. The van der Waals surface area contributed by atoms with Gasteiger partial charge in [-0.15, -0.1) is 0 Å². The van der Waals surface area contributed by atoms with E-state index in [2.05, 4.69) is 10.3 Å². The number of carbonyl (C=O) groups excluding carboxylic acids is 1. The van der Waals surface area contributed by atoms with E-state index < -0.39 is 6.03 Å². The molecule has 0 aliphatic carbocycles. The Morgan fingerprint density at radius 3 is 2.90 bits per heavy atom. The topological polar surface area (TPSA) is 65.8 Å². The number of nitrogens with zero attached hydrogens (tertiary/aromatic N) is 1. The highest BCUT2D eigenvalue weighted by atomic mass is 16.2. The monoisotopic (exact) mass is 136 g/mol. The van der Waals surface area contributed by atoms with Crippen molar-refractivity contribution in [2.75, 3.05) is 5.32 Å². The maximum Gasteiger partial charge on any atom is 0.339 e. The molecule has 4 heteroatoms. The van der Waals surface area contributed by atoms with Crippen LogP contribution in [-0.2, 0) is 0 Å². The van der Waals surface area contributed by atoms with Gasteiger partial charge in [-0.25, -0.2) is 15.5 Å². The summed E-state index contributed by atoms with van der Waals surface area (Å²) in [5, 5.41) is 2.22. The van der Waals surface area contributed by atoms with Gasteiger partial charge < -0.3 is 0 Å². The van der Waals surface area contributed by atoms with Gasteiger partial charge in [-0.05, 0) is 12.1 Å². The van der Waals surface area contributed by atoms with Crippen LogP contribution in [-0.4, -0.2) is 11.0 Å². The van der Waals surface area contributed by atoms with Crippen LogP contribution in [0.25, 0.3) is 0 Å². The maximum absolute atomic E-state index is 10.1. The molecule has 1 aromatic heterocycles. The Morgan fingerprint density at radius 2 is 2.40 bits per heavy atom. The summed E-state index contributed by atoms with van der Waals surface area (Å²) in [5.74, 6) is 0.405. The van der Waals surface area contributed by atoms with Crippen molar-refractivity contribution in [1.29, 1.82) is 0 Å². The lowest BCUT2D eigenvalue weighted by Crippen LogP contribution is -2.10. The molecule has 1 heterocycles. The molecule has 1 rings (SSSR count). The molecule has 0 aliphatic heterocycles. The van der Waals surface area contributed by atoms with E-state index in [1.54, 1.807) is 24.4 Å². The second-order valence-electron chi connectivity index (χ2n) is 1.67. The highest BCUT2D eigenvalue weighted by molar-refractivity contribution is 5.85. The van der Waals surface area contributed by atoms with Crippen molar-refractivity contribution in [2.45, 2.75) is 0 Å². The fourth-order valence-corrected chi connectivity index (χ4v) is 0.553. The molecule has 1 radical (unpaired) electrons. The van der Waals surface area contributed by atoms with E-state index in [0.717, 1.165) is 0 Å². The summed E-state index contributed by atoms with van der Waals surface area (Å²) in [7, 11) is 0. The van der Waals surface area contributed by atoms with Gasteiger partial charge in [0.05, 0.1) is 0 Å². The number of rotatable bonds is 1. The summed E-state index contributed by atoms with van der Waals surface area (Å²) in [6, 6.07) is 4.24. The molecule has 51 valence electrons. The minimum absolute atomic E-state index is 0.405. The van der Waals surface area contributed by atoms with Crippen LogP contribution in [0.3, 0.4) is 0 Å². The van der Waals surface area contributed by atoms with Gasteiger partial charge >= 0.3 is 6.03 Å². The number of hydrogen-bond donors (Lipinski definition) is 1. The maximum atomic E-state index is 10.1. The second kappa shape index (κ2) is 2.82. The van der Waals surface area contributed by atoms with E-state index >= 15 is 0 Å². The Morgan fingerprint density at radius 1 is 1.60 bits per heavy atom. The molecule has 0 saturated carbocycles. The van der Waals surface area contributed by atoms with E-state index in [0.29, 0.717) is 5.82 Å². The van der Waals surface area contributed by atoms with Gasteiger partial charge in [-0.3, -0.25) is 5.32 Å². The third-order valence-corrected chi connectivity index (χ3v) is 0.906. The summed E-state index contributed by atoms with van der Waals surface area (Å²) >= 11 is 0. The van der Waals surface area contributed by atoms with E-state index in [1.165, 1.54) is 0 Å². The molecular weight excluding hydrogens is 130 g/mol. The fourth-order valence-electron chi connectivity index (χ4n) is 0.553. The Balaban J connectivity index is 2.67. The summed E-state index contributed by atoms with van der Waals surface area (Å²) in [5.41, 5.74) is 6.53. The molecule has 2 amide bonds. The zero-order valence-electron chi connectivity index (χ0n) is 5.16. The van der Waals surface area contributed by atoms with Crippen molar-refractivity contribution in [3.8, 4) is 0 Å². The zero-order valence-corrected chi connectivity index (χ0v) is 5.16. The van der Waals surface area contributed by atoms with Crippen molar-refractivity contribution in [2.24, 2.45) is 0 Å². The van der Waals surface area contributed by atoms with Crippen LogP contribution in [0.1, 0.15) is 0 Å². The molecule has 0 unspecified atom stereocenters. The van der Waals surface area contributed by atoms with Crippen LogP contribution in [0.5, 0.6) is 0 Å². The van der Waals surface area contributed by atoms with Crippen molar-refractivity contribution < 1.29 is 4.79 Å². The van der Waals surface area contributed by atoms with Crippen LogP contribution in [0.2, 0.25) is 0 Å². The first-order valence-electron chi connectivity index (χ1n) is 2.72. The Kier molecular flexibility index (Phi) is 1.84. The lowest BCUT2D eigenvalue weighted by molar-refractivity contribution is 0.258. The number of anilines is 1. The third-order valence-electron chi connectivity index (χ3n) is 0.906. The molecule has 10 heavy (non-hydrogen) atoms. The highest BCUT2D eigenvalue weighted by Crippen LogP contribution is 1.97. The van der Waals surface area contributed by atoms with E-state index in [4.69, 9.17) is 5.73 Å². The largest absolute Gasteiger partial charge is 0.339 e. The first-order valence-corrected chi connectivity index (χ1v) is 2.72. The van der Waals surface area contributed by atoms with Crippen LogP contribution in [0.15, 0.2) is 24.4 Å². The van der Waals surface area contributed by atoms with Gasteiger partial charge in [0.15, 0.2) is 0 Å². The average molecular weight is 136 g/mol. The molecule has 0 saturated heterocycles. The Bertz CT molecular complexity index is 222. The molecule has 0 fully saturated rings. The molecule has 2 N–H and O–H groups in total. The Hall–Kier alpha value is -1.58. The predicted molar refractivity (Wildman–Crippen MR) is 36.4 cm³/mol. The van der Waals surface area contributed by atoms with Crippen LogP contribution in [0, 0.1) is 0 Å². The molecule has 0 aromatic carbocycles. The molecule has 0 aliphatic rings. The third kappa shape index (κ3) is 1.74. The standard InChI is InChI=1S/C6H6N3O/c7-6(10)9-5-3-1-2-4-8-5/h1-4,7H,(H,8,9,10). The number of urea groups is 1. The zero-order chi connectivity index (χ0) is 7.40. The van der Waals surface area contributed by atoms with Crippen molar-refractivity contribution >= 4 is 11.8 Å². The summed E-state index contributed by atoms with van der Waals surface area (Å²) in [4.78, 5) is 13.9. The number of aromatic nitrogens is 1. The first kappa shape index (κ1) is 6.54. The van der Waals surface area contributed by atoms with Gasteiger partial charge in [-0.1, -0.05) is 6.07 Å². The smallest absolute Gasteiger partial charge is 0.291 e. The van der Waals surface area contributed by atoms with E-state index in [9.17, 15) is 4.79 Å². The Labute approximate surface area is 58.1 Å². The van der Waals surface area contributed by atoms with Gasteiger partial charge in [0.1, 0.15) is 5.82 Å². The van der Waals surface area contributed by atoms with Crippen molar-refractivity contribution in [3.05, 3.63) is 24.4 Å². The van der Waals surface area contributed by atoms with Gasteiger partial charge in [0.25, 0.3) is 0 Å². The minimum atomic E-state index is -0.848. The van der Waals surface area contributed by atoms with Crippen molar-refractivity contribution in [3.63, 3.8) is 0 Å². The number of nitrogens with one attached hydrogen (secondary N) is 2. The lowest BCUT2D eigenvalue weighted by atomic mass is 10.5. The lowest BCUT2D eigenvalue weighted by Gasteiger charge is -1.95. The van der Waals surface area contributed by atoms with E-state index in [-0.39, 0.29) is 0 Å². The van der Waals surface area contributed by atoms with Gasteiger partial charge in [0.2, 0.25) is 0 Å². The normalized spacial score (nSPS) is 8.80. The van der Waals surface area contributed by atoms with E-state index in [1.807, 2.05) is 0 Å². The SMILES string of the molecule is [NH]C(=O)Nc1ccccn1. The average Bonchev–Trinajstić information content (AvgIpc) is 1.88. The van der Waals surface area contributed by atoms with Crippen LogP contribution >= 0.6 is 0 Å². The number of pyridine rings is 1. The molecular formula is C6H6N3O. The quantitative estimate of drug-likeness (QED) is 0.623. The number of hydrogen-bond acceptors (Lipinski definition) is 2. The molecule has 0 spiro atoms. The fraction of sp³-hybridized carbons (Fsp3) is 0. The highest BCUT2D eigenvalue weighted by Gasteiger charge is 1.93. The second-order valence-corrected chi connectivity index (χ2v) is 1.67. The number of amides is 2. The summed E-state index contributed by atoms with van der Waals surface area (Å²) < 4.78 is 0. The molecule has 4 nitrogen and oxygen atoms in total. The summed E-state index contributed by atoms with van der Waals surface area (Å²) in [6.07, 6.45) is 1.55. The molecule has 0 atom stereocenters. The predicted octanol–water partition coefficient (Wildman–Crippen LogP) is 0.896. The van der Waals surface area contributed by atoms with Gasteiger partial charge in [-0.2, -0.15) is 0 Å². The molecule has 0 bridgehead atoms. The minimum Gasteiger partial charge on any atom is -0.291 e. The molecule has 1 aromatic rings. The first-order chi connectivity index (χ1) is 4.79. The summed E-state index contributed by atoms with van der Waals surface area (Å²) in [6.45, 7) is 0.